The molecule has 0 aliphatic rings. The SMILES string of the molecule is CC(C)(C)NC(=O)c1cccc(NC(=O)c2ccccc2OCCOc2ccccc2)c1. The first kappa shape index (κ1) is 22.9. The van der Waals surface area contributed by atoms with E-state index in [1.54, 1.807) is 42.5 Å². The van der Waals surface area contributed by atoms with Crippen molar-refractivity contribution in [3.05, 3.63) is 90.0 Å². The molecule has 0 unspecified atom stereocenters. The number of anilines is 1. The van der Waals surface area contributed by atoms with Crippen LogP contribution in [-0.4, -0.2) is 30.6 Å². The number of para-hydroxylation sites is 2. The average molecular weight is 433 g/mol. The molecule has 3 rings (SSSR count). The third-order valence-corrected chi connectivity index (χ3v) is 4.36. The average Bonchev–Trinajstić information content (AvgIpc) is 2.77. The molecular weight excluding hydrogens is 404 g/mol. The predicted molar refractivity (Wildman–Crippen MR) is 125 cm³/mol. The van der Waals surface area contributed by atoms with Gasteiger partial charge in [0.05, 0.1) is 5.56 Å². The van der Waals surface area contributed by atoms with Gasteiger partial charge >= 0.3 is 0 Å². The summed E-state index contributed by atoms with van der Waals surface area (Å²) in [4.78, 5) is 25.3. The summed E-state index contributed by atoms with van der Waals surface area (Å²) in [6.07, 6.45) is 0. The van der Waals surface area contributed by atoms with E-state index >= 15 is 0 Å². The van der Waals surface area contributed by atoms with E-state index in [9.17, 15) is 9.59 Å². The normalized spacial score (nSPS) is 10.8. The summed E-state index contributed by atoms with van der Waals surface area (Å²) < 4.78 is 11.4. The molecule has 6 heteroatoms. The van der Waals surface area contributed by atoms with Crippen molar-refractivity contribution in [1.29, 1.82) is 0 Å². The van der Waals surface area contributed by atoms with E-state index in [0.717, 1.165) is 5.75 Å². The lowest BCUT2D eigenvalue weighted by Crippen LogP contribution is -2.40. The van der Waals surface area contributed by atoms with E-state index < -0.39 is 0 Å². The quantitative estimate of drug-likeness (QED) is 0.495. The molecule has 0 bridgehead atoms. The highest BCUT2D eigenvalue weighted by Crippen LogP contribution is 2.21. The number of amides is 2. The van der Waals surface area contributed by atoms with Gasteiger partial charge in [-0.15, -0.1) is 0 Å². The summed E-state index contributed by atoms with van der Waals surface area (Å²) in [5.41, 5.74) is 1.05. The lowest BCUT2D eigenvalue weighted by molar-refractivity contribution is 0.0918. The molecule has 166 valence electrons. The van der Waals surface area contributed by atoms with Crippen LogP contribution in [0.2, 0.25) is 0 Å². The van der Waals surface area contributed by atoms with Crippen molar-refractivity contribution in [2.75, 3.05) is 18.5 Å². The maximum atomic E-state index is 12.9. The van der Waals surface area contributed by atoms with E-state index in [2.05, 4.69) is 10.6 Å². The van der Waals surface area contributed by atoms with Crippen molar-refractivity contribution >= 4 is 17.5 Å². The van der Waals surface area contributed by atoms with Crippen LogP contribution in [0.4, 0.5) is 5.69 Å². The Morgan fingerprint density at radius 2 is 1.47 bits per heavy atom. The summed E-state index contributed by atoms with van der Waals surface area (Å²) >= 11 is 0. The highest BCUT2D eigenvalue weighted by atomic mass is 16.5. The standard InChI is InChI=1S/C26H28N2O4/c1-26(2,3)28-24(29)19-10-9-11-20(18-19)27-25(30)22-14-7-8-15-23(22)32-17-16-31-21-12-5-4-6-13-21/h4-15,18H,16-17H2,1-3H3,(H,27,30)(H,28,29). The highest BCUT2D eigenvalue weighted by Gasteiger charge is 2.17. The maximum Gasteiger partial charge on any atom is 0.259 e. The van der Waals surface area contributed by atoms with E-state index in [1.165, 1.54) is 0 Å². The molecule has 0 heterocycles. The molecule has 0 aliphatic carbocycles. The van der Waals surface area contributed by atoms with Gasteiger partial charge in [0, 0.05) is 16.8 Å². The van der Waals surface area contributed by atoms with Crippen LogP contribution >= 0.6 is 0 Å². The topological polar surface area (TPSA) is 76.7 Å². The Morgan fingerprint density at radius 1 is 0.781 bits per heavy atom. The lowest BCUT2D eigenvalue weighted by atomic mass is 10.1. The molecule has 32 heavy (non-hydrogen) atoms. The van der Waals surface area contributed by atoms with Gasteiger partial charge in [0.2, 0.25) is 0 Å². The van der Waals surface area contributed by atoms with Crippen LogP contribution in [0.25, 0.3) is 0 Å². The zero-order chi connectivity index (χ0) is 23.0. The molecule has 0 saturated heterocycles. The minimum Gasteiger partial charge on any atom is -0.490 e. The van der Waals surface area contributed by atoms with Crippen LogP contribution in [0.1, 0.15) is 41.5 Å². The number of benzene rings is 3. The third-order valence-electron chi connectivity index (χ3n) is 4.36. The van der Waals surface area contributed by atoms with E-state index in [4.69, 9.17) is 9.47 Å². The Kier molecular flexibility index (Phi) is 7.49. The van der Waals surface area contributed by atoms with Gasteiger partial charge in [0.15, 0.2) is 0 Å². The number of ether oxygens (including phenoxy) is 2. The van der Waals surface area contributed by atoms with Crippen LogP contribution in [-0.2, 0) is 0 Å². The van der Waals surface area contributed by atoms with Gasteiger partial charge in [-0.05, 0) is 63.2 Å². The molecule has 2 N–H and O–H groups in total. The van der Waals surface area contributed by atoms with Gasteiger partial charge < -0.3 is 20.1 Å². The van der Waals surface area contributed by atoms with Crippen molar-refractivity contribution in [3.8, 4) is 11.5 Å². The van der Waals surface area contributed by atoms with Crippen LogP contribution in [0.5, 0.6) is 11.5 Å². The van der Waals surface area contributed by atoms with Gasteiger partial charge in [-0.1, -0.05) is 36.4 Å². The fourth-order valence-corrected chi connectivity index (χ4v) is 2.96. The van der Waals surface area contributed by atoms with Crippen molar-refractivity contribution in [2.24, 2.45) is 0 Å². The molecule has 0 atom stereocenters. The van der Waals surface area contributed by atoms with E-state index in [-0.39, 0.29) is 17.4 Å². The first-order valence-corrected chi connectivity index (χ1v) is 10.5. The van der Waals surface area contributed by atoms with Crippen molar-refractivity contribution < 1.29 is 19.1 Å². The van der Waals surface area contributed by atoms with Crippen molar-refractivity contribution in [2.45, 2.75) is 26.3 Å². The third kappa shape index (κ3) is 6.87. The Balaban J connectivity index is 1.62. The maximum absolute atomic E-state index is 12.9. The minimum atomic E-state index is -0.350. The van der Waals surface area contributed by atoms with Crippen LogP contribution in [0.3, 0.4) is 0 Å². The molecule has 0 aromatic heterocycles. The fraction of sp³-hybridized carbons (Fsp3) is 0.231. The van der Waals surface area contributed by atoms with Gasteiger partial charge in [0.1, 0.15) is 24.7 Å². The van der Waals surface area contributed by atoms with E-state index in [0.29, 0.717) is 35.8 Å². The monoisotopic (exact) mass is 432 g/mol. The second-order valence-electron chi connectivity index (χ2n) is 8.25. The van der Waals surface area contributed by atoms with Gasteiger partial charge in [0.25, 0.3) is 11.8 Å². The summed E-state index contributed by atoms with van der Waals surface area (Å²) in [6, 6.07) is 23.3. The molecular formula is C26H28N2O4. The molecule has 2 amide bonds. The van der Waals surface area contributed by atoms with E-state index in [1.807, 2.05) is 57.2 Å². The first-order chi connectivity index (χ1) is 15.3. The molecule has 0 spiro atoms. The number of nitrogens with one attached hydrogen (secondary N) is 2. The molecule has 3 aromatic carbocycles. The first-order valence-electron chi connectivity index (χ1n) is 10.5. The Hall–Kier alpha value is -3.80. The zero-order valence-corrected chi connectivity index (χ0v) is 18.6. The Morgan fingerprint density at radius 3 is 2.22 bits per heavy atom. The summed E-state index contributed by atoms with van der Waals surface area (Å²) in [5.74, 6) is 0.703. The second kappa shape index (κ2) is 10.5. The van der Waals surface area contributed by atoms with Crippen LogP contribution < -0.4 is 20.1 Å². The Bertz CT molecular complexity index is 1060. The predicted octanol–water partition coefficient (Wildman–Crippen LogP) is 4.93. The van der Waals surface area contributed by atoms with Gasteiger partial charge in [-0.25, -0.2) is 0 Å². The minimum absolute atomic E-state index is 0.198. The number of rotatable bonds is 8. The Labute approximate surface area is 188 Å². The molecule has 3 aromatic rings. The smallest absolute Gasteiger partial charge is 0.259 e. The number of carbonyl (C=O) groups is 2. The summed E-state index contributed by atoms with van der Waals surface area (Å²) in [5, 5.41) is 5.76. The summed E-state index contributed by atoms with van der Waals surface area (Å²) in [6.45, 7) is 6.39. The summed E-state index contributed by atoms with van der Waals surface area (Å²) in [7, 11) is 0. The zero-order valence-electron chi connectivity index (χ0n) is 18.6. The molecule has 0 aliphatic heterocycles. The second-order valence-corrected chi connectivity index (χ2v) is 8.25. The van der Waals surface area contributed by atoms with Crippen molar-refractivity contribution in [3.63, 3.8) is 0 Å². The molecule has 0 radical (unpaired) electrons. The van der Waals surface area contributed by atoms with Gasteiger partial charge in [-0.2, -0.15) is 0 Å². The van der Waals surface area contributed by atoms with Crippen molar-refractivity contribution in [1.82, 2.24) is 5.32 Å². The largest absolute Gasteiger partial charge is 0.490 e. The number of carbonyl (C=O) groups excluding carboxylic acids is 2. The number of hydrogen-bond acceptors (Lipinski definition) is 4. The lowest BCUT2D eigenvalue weighted by Gasteiger charge is -2.20. The highest BCUT2D eigenvalue weighted by molar-refractivity contribution is 6.06. The van der Waals surface area contributed by atoms with Crippen LogP contribution in [0.15, 0.2) is 78.9 Å². The number of hydrogen-bond donors (Lipinski definition) is 2. The van der Waals surface area contributed by atoms with Crippen LogP contribution in [0, 0.1) is 0 Å². The molecule has 0 saturated carbocycles. The van der Waals surface area contributed by atoms with Gasteiger partial charge in [-0.3, -0.25) is 9.59 Å². The molecule has 0 fully saturated rings. The fourth-order valence-electron chi connectivity index (χ4n) is 2.96. The molecule has 6 nitrogen and oxygen atoms in total.